The van der Waals surface area contributed by atoms with Crippen molar-refractivity contribution in [3.05, 3.63) is 48.3 Å². The van der Waals surface area contributed by atoms with Crippen LogP contribution in [0.4, 0.5) is 23.3 Å². The van der Waals surface area contributed by atoms with E-state index in [1.165, 1.54) is 0 Å². The summed E-state index contributed by atoms with van der Waals surface area (Å²) in [6.07, 6.45) is 1.63. The van der Waals surface area contributed by atoms with Gasteiger partial charge < -0.3 is 34.7 Å². The van der Waals surface area contributed by atoms with Crippen molar-refractivity contribution in [2.24, 2.45) is 0 Å². The van der Waals surface area contributed by atoms with Crippen LogP contribution in [-0.4, -0.2) is 78.4 Å². The highest BCUT2D eigenvalue weighted by atomic mass is 16.5. The Kier molecular flexibility index (Phi) is 6.25. The zero-order valence-corrected chi connectivity index (χ0v) is 20.1. The van der Waals surface area contributed by atoms with Gasteiger partial charge in [-0.3, -0.25) is 4.79 Å². The number of anilines is 4. The average molecular weight is 503 g/mol. The van der Waals surface area contributed by atoms with E-state index in [4.69, 9.17) is 24.6 Å². The molecule has 0 radical (unpaired) electrons. The Hall–Kier alpha value is -4.29. The SMILES string of the molecule is Nc1ccc(-c2cccc(C(=O)Nc3cc4oc(N5CCOCC5)nc4nc3N3CCOCC3)n2)cn1. The van der Waals surface area contributed by atoms with E-state index in [1.54, 1.807) is 30.5 Å². The summed E-state index contributed by atoms with van der Waals surface area (Å²) in [6.45, 7) is 5.06. The van der Waals surface area contributed by atoms with Gasteiger partial charge in [0.1, 0.15) is 11.5 Å². The molecule has 6 heterocycles. The number of hydrogen-bond acceptors (Lipinski definition) is 11. The van der Waals surface area contributed by atoms with Crippen LogP contribution in [0.1, 0.15) is 10.5 Å². The molecular formula is C25H26N8O4. The van der Waals surface area contributed by atoms with Crippen molar-refractivity contribution in [3.8, 4) is 11.3 Å². The molecule has 2 aliphatic rings. The number of rotatable bonds is 5. The Morgan fingerprint density at radius 2 is 1.68 bits per heavy atom. The largest absolute Gasteiger partial charge is 0.422 e. The van der Waals surface area contributed by atoms with Crippen molar-refractivity contribution < 1.29 is 18.7 Å². The van der Waals surface area contributed by atoms with Gasteiger partial charge in [-0.05, 0) is 24.3 Å². The fraction of sp³-hybridized carbons (Fsp3) is 0.320. The Labute approximate surface area is 212 Å². The van der Waals surface area contributed by atoms with Gasteiger partial charge in [0.05, 0.1) is 37.8 Å². The number of carbonyl (C=O) groups is 1. The third-order valence-corrected chi connectivity index (χ3v) is 6.26. The van der Waals surface area contributed by atoms with Gasteiger partial charge in [0.25, 0.3) is 11.9 Å². The Morgan fingerprint density at radius 3 is 2.41 bits per heavy atom. The Bertz CT molecular complexity index is 1410. The van der Waals surface area contributed by atoms with Crippen LogP contribution in [0.25, 0.3) is 22.5 Å². The number of fused-ring (bicyclic) bond motifs is 1. The molecule has 0 spiro atoms. The van der Waals surface area contributed by atoms with Crippen LogP contribution >= 0.6 is 0 Å². The maximum absolute atomic E-state index is 13.3. The summed E-state index contributed by atoms with van der Waals surface area (Å²) in [6, 6.07) is 11.0. The van der Waals surface area contributed by atoms with Gasteiger partial charge in [0, 0.05) is 44.0 Å². The molecule has 12 heteroatoms. The summed E-state index contributed by atoms with van der Waals surface area (Å²) >= 11 is 0. The Balaban J connectivity index is 1.32. The second kappa shape index (κ2) is 9.99. The summed E-state index contributed by atoms with van der Waals surface area (Å²) in [5.74, 6) is 0.666. The van der Waals surface area contributed by atoms with Crippen LogP contribution in [0, 0.1) is 0 Å². The number of ether oxygens (including phenoxy) is 2. The molecule has 0 bridgehead atoms. The number of amides is 1. The summed E-state index contributed by atoms with van der Waals surface area (Å²) in [5, 5.41) is 2.99. The number of nitrogens with one attached hydrogen (secondary N) is 1. The second-order valence-electron chi connectivity index (χ2n) is 8.71. The molecule has 0 aromatic carbocycles. The molecular weight excluding hydrogens is 476 g/mol. The number of oxazole rings is 1. The van der Waals surface area contributed by atoms with E-state index in [2.05, 4.69) is 25.2 Å². The lowest BCUT2D eigenvalue weighted by Gasteiger charge is -2.29. The van der Waals surface area contributed by atoms with Gasteiger partial charge in [0.2, 0.25) is 5.65 Å². The molecule has 6 rings (SSSR count). The second-order valence-corrected chi connectivity index (χ2v) is 8.71. The summed E-state index contributed by atoms with van der Waals surface area (Å²) in [5.41, 5.74) is 8.82. The third-order valence-electron chi connectivity index (χ3n) is 6.26. The van der Waals surface area contributed by atoms with Crippen molar-refractivity contribution in [2.45, 2.75) is 0 Å². The molecule has 0 saturated carbocycles. The van der Waals surface area contributed by atoms with Crippen LogP contribution in [-0.2, 0) is 9.47 Å². The predicted octanol–water partition coefficient (Wildman–Crippen LogP) is 2.19. The first kappa shape index (κ1) is 23.1. The van der Waals surface area contributed by atoms with Crippen molar-refractivity contribution in [2.75, 3.05) is 73.5 Å². The average Bonchev–Trinajstić information content (AvgIpc) is 3.37. The first-order valence-electron chi connectivity index (χ1n) is 12.1. The molecule has 0 aliphatic carbocycles. The monoisotopic (exact) mass is 502 g/mol. The minimum atomic E-state index is -0.367. The van der Waals surface area contributed by atoms with Crippen molar-refractivity contribution in [3.63, 3.8) is 0 Å². The van der Waals surface area contributed by atoms with E-state index < -0.39 is 0 Å². The maximum Gasteiger partial charge on any atom is 0.300 e. The fourth-order valence-electron chi connectivity index (χ4n) is 4.31. The fourth-order valence-corrected chi connectivity index (χ4v) is 4.31. The van der Waals surface area contributed by atoms with Crippen LogP contribution in [0.5, 0.6) is 0 Å². The van der Waals surface area contributed by atoms with Gasteiger partial charge in [-0.1, -0.05) is 6.07 Å². The van der Waals surface area contributed by atoms with Crippen LogP contribution < -0.4 is 20.9 Å². The zero-order chi connectivity index (χ0) is 25.2. The molecule has 2 fully saturated rings. The number of nitrogens with two attached hydrogens (primary N) is 1. The van der Waals surface area contributed by atoms with E-state index in [9.17, 15) is 4.79 Å². The van der Waals surface area contributed by atoms with Gasteiger partial charge in [-0.25, -0.2) is 15.0 Å². The molecule has 4 aromatic rings. The van der Waals surface area contributed by atoms with E-state index in [0.717, 1.165) is 5.56 Å². The molecule has 2 aliphatic heterocycles. The van der Waals surface area contributed by atoms with Crippen LogP contribution in [0.2, 0.25) is 0 Å². The molecule has 0 atom stereocenters. The van der Waals surface area contributed by atoms with Gasteiger partial charge in [0.15, 0.2) is 11.4 Å². The summed E-state index contributed by atoms with van der Waals surface area (Å²) < 4.78 is 17.0. The third kappa shape index (κ3) is 4.88. The Morgan fingerprint density at radius 1 is 0.919 bits per heavy atom. The van der Waals surface area contributed by atoms with Crippen LogP contribution in [0.3, 0.4) is 0 Å². The molecule has 0 unspecified atom stereocenters. The first-order chi connectivity index (χ1) is 18.1. The highest BCUT2D eigenvalue weighted by Crippen LogP contribution is 2.31. The lowest BCUT2D eigenvalue weighted by Crippen LogP contribution is -2.37. The number of pyridine rings is 3. The zero-order valence-electron chi connectivity index (χ0n) is 20.1. The normalized spacial score (nSPS) is 16.2. The smallest absolute Gasteiger partial charge is 0.300 e. The lowest BCUT2D eigenvalue weighted by atomic mass is 10.1. The maximum atomic E-state index is 13.3. The van der Waals surface area contributed by atoms with E-state index >= 15 is 0 Å². The molecule has 2 saturated heterocycles. The highest BCUT2D eigenvalue weighted by Gasteiger charge is 2.24. The number of aromatic nitrogens is 4. The molecule has 1 amide bonds. The molecule has 37 heavy (non-hydrogen) atoms. The number of nitrogens with zero attached hydrogens (tertiary/aromatic N) is 6. The predicted molar refractivity (Wildman–Crippen MR) is 138 cm³/mol. The van der Waals surface area contributed by atoms with E-state index in [-0.39, 0.29) is 11.6 Å². The summed E-state index contributed by atoms with van der Waals surface area (Å²) in [4.78, 5) is 35.5. The number of morpholine rings is 2. The molecule has 3 N–H and O–H groups in total. The van der Waals surface area contributed by atoms with E-state index in [1.807, 2.05) is 17.0 Å². The van der Waals surface area contributed by atoms with Gasteiger partial charge in [-0.15, -0.1) is 0 Å². The van der Waals surface area contributed by atoms with E-state index in [0.29, 0.717) is 92.9 Å². The molecule has 4 aromatic heterocycles. The quantitative estimate of drug-likeness (QED) is 0.414. The first-order valence-corrected chi connectivity index (χ1v) is 12.1. The number of hydrogen-bond donors (Lipinski definition) is 2. The van der Waals surface area contributed by atoms with Crippen molar-refractivity contribution in [1.29, 1.82) is 0 Å². The molecule has 12 nitrogen and oxygen atoms in total. The summed E-state index contributed by atoms with van der Waals surface area (Å²) in [7, 11) is 0. The topological polar surface area (TPSA) is 145 Å². The van der Waals surface area contributed by atoms with Crippen LogP contribution in [0.15, 0.2) is 47.0 Å². The lowest BCUT2D eigenvalue weighted by molar-refractivity contribution is 0.102. The standard InChI is InChI=1S/C25H26N8O4/c26-21-5-4-16(15-27-21)17-2-1-3-18(28-17)24(34)29-19-14-20-22(30-23(19)32-6-10-35-11-7-32)31-25(37-20)33-8-12-36-13-9-33/h1-5,14-15H,6-13H2,(H2,26,27)(H,29,34). The number of nitrogen functional groups attached to an aromatic ring is 1. The number of carbonyl (C=O) groups excluding carboxylic acids is 1. The van der Waals surface area contributed by atoms with Gasteiger partial charge >= 0.3 is 0 Å². The van der Waals surface area contributed by atoms with Gasteiger partial charge in [-0.2, -0.15) is 4.98 Å². The minimum Gasteiger partial charge on any atom is -0.422 e. The van der Waals surface area contributed by atoms with Crippen molar-refractivity contribution >= 4 is 40.5 Å². The highest BCUT2D eigenvalue weighted by molar-refractivity contribution is 6.05. The van der Waals surface area contributed by atoms with Crippen molar-refractivity contribution in [1.82, 2.24) is 19.9 Å². The minimum absolute atomic E-state index is 0.258. The molecule has 190 valence electrons.